The summed E-state index contributed by atoms with van der Waals surface area (Å²) in [6, 6.07) is 15.6. The number of rotatable bonds is 14. The first kappa shape index (κ1) is 32.8. The molecule has 4 N–H and O–H groups in total. The maximum Gasteiger partial charge on any atom is 0.240 e. The minimum Gasteiger partial charge on any atom is -0.391 e. The molecule has 0 radical (unpaired) electrons. The zero-order valence-corrected chi connectivity index (χ0v) is 25.7. The number of nitrogens with one attached hydrogen (secondary N) is 1. The number of imidazole rings is 1. The van der Waals surface area contributed by atoms with Crippen LogP contribution in [0.2, 0.25) is 0 Å². The standard InChI is InChI=1S/C34H41F2N5O3/c1-5-15-40(16-6-2)26-11-8-24(9-12-26)33-38-30-19-25(29(17-21(3)42)39-34(44)32(37)22(4)43)10-14-31(30)41(33)20-23-7-13-27(35)28(36)18-23/h7-14,18-19,22,29,32,43H,5-6,15-17,20,37H2,1-4H3,(H,39,44)/t22?,29?,32-/m0/s1. The van der Waals surface area contributed by atoms with E-state index >= 15 is 0 Å². The molecular weight excluding hydrogens is 564 g/mol. The number of fused-ring (bicyclic) bond motifs is 1. The van der Waals surface area contributed by atoms with Crippen LogP contribution in [0.4, 0.5) is 14.5 Å². The monoisotopic (exact) mass is 605 g/mol. The predicted molar refractivity (Wildman–Crippen MR) is 169 cm³/mol. The Morgan fingerprint density at radius 1 is 1.00 bits per heavy atom. The van der Waals surface area contributed by atoms with Gasteiger partial charge in [-0.3, -0.25) is 9.59 Å². The number of aliphatic hydroxyl groups excluding tert-OH is 1. The van der Waals surface area contributed by atoms with Crippen molar-refractivity contribution in [3.8, 4) is 11.4 Å². The van der Waals surface area contributed by atoms with E-state index in [2.05, 4.69) is 36.2 Å². The van der Waals surface area contributed by atoms with Crippen molar-refractivity contribution in [2.24, 2.45) is 5.73 Å². The number of ketones is 1. The number of anilines is 1. The number of aromatic nitrogens is 2. The summed E-state index contributed by atoms with van der Waals surface area (Å²) in [6.07, 6.45) is 1.03. The summed E-state index contributed by atoms with van der Waals surface area (Å²) in [5.74, 6) is -1.91. The molecule has 0 saturated carbocycles. The molecule has 0 saturated heterocycles. The first-order chi connectivity index (χ1) is 21.0. The highest BCUT2D eigenvalue weighted by Gasteiger charge is 2.25. The van der Waals surface area contributed by atoms with Crippen LogP contribution in [0, 0.1) is 11.6 Å². The third kappa shape index (κ3) is 7.67. The van der Waals surface area contributed by atoms with E-state index in [1.807, 2.05) is 22.8 Å². The van der Waals surface area contributed by atoms with Crippen molar-refractivity contribution in [2.45, 2.75) is 71.7 Å². The van der Waals surface area contributed by atoms with Crippen molar-refractivity contribution < 1.29 is 23.5 Å². The largest absolute Gasteiger partial charge is 0.391 e. The normalized spacial score (nSPS) is 13.5. The number of benzene rings is 3. The minimum absolute atomic E-state index is 0.0275. The molecule has 0 aliphatic heterocycles. The average Bonchev–Trinajstić information content (AvgIpc) is 3.35. The number of amides is 1. The molecule has 2 unspecified atom stereocenters. The van der Waals surface area contributed by atoms with Crippen LogP contribution >= 0.6 is 0 Å². The highest BCUT2D eigenvalue weighted by molar-refractivity contribution is 5.85. The smallest absolute Gasteiger partial charge is 0.240 e. The molecule has 0 spiro atoms. The maximum atomic E-state index is 14.2. The van der Waals surface area contributed by atoms with Gasteiger partial charge >= 0.3 is 0 Å². The van der Waals surface area contributed by atoms with E-state index < -0.39 is 35.7 Å². The van der Waals surface area contributed by atoms with E-state index in [4.69, 9.17) is 10.7 Å². The Hall–Kier alpha value is -4.15. The molecule has 4 aromatic rings. The molecule has 0 aliphatic rings. The summed E-state index contributed by atoms with van der Waals surface area (Å²) in [4.78, 5) is 32.1. The Bertz CT molecular complexity index is 1600. The predicted octanol–water partition coefficient (Wildman–Crippen LogP) is 5.50. The Morgan fingerprint density at radius 3 is 2.27 bits per heavy atom. The van der Waals surface area contributed by atoms with Gasteiger partial charge in [0.15, 0.2) is 11.6 Å². The van der Waals surface area contributed by atoms with Crippen molar-refractivity contribution >= 4 is 28.4 Å². The summed E-state index contributed by atoms with van der Waals surface area (Å²) >= 11 is 0. The number of hydrogen-bond acceptors (Lipinski definition) is 6. The van der Waals surface area contributed by atoms with Crippen LogP contribution in [-0.4, -0.2) is 51.6 Å². The highest BCUT2D eigenvalue weighted by atomic mass is 19.2. The van der Waals surface area contributed by atoms with Crippen LogP contribution in [0.15, 0.2) is 60.7 Å². The van der Waals surface area contributed by atoms with E-state index in [1.54, 1.807) is 18.2 Å². The zero-order valence-electron chi connectivity index (χ0n) is 25.7. The second-order valence-corrected chi connectivity index (χ2v) is 11.3. The number of carbonyl (C=O) groups excluding carboxylic acids is 2. The van der Waals surface area contributed by atoms with E-state index in [-0.39, 0.29) is 18.7 Å². The molecule has 234 valence electrons. The maximum absolute atomic E-state index is 14.2. The SMILES string of the molecule is CCCN(CCC)c1ccc(-c2nc3cc(C(CC(C)=O)NC(=O)[C@@H](N)C(C)O)ccc3n2Cc2ccc(F)c(F)c2)cc1. The fourth-order valence-electron chi connectivity index (χ4n) is 5.32. The molecular formula is C34H41F2N5O3. The number of halogens is 2. The molecule has 1 amide bonds. The van der Waals surface area contributed by atoms with Gasteiger partial charge in [-0.25, -0.2) is 13.8 Å². The van der Waals surface area contributed by atoms with Gasteiger partial charge < -0.3 is 25.6 Å². The molecule has 0 aliphatic carbocycles. The molecule has 1 heterocycles. The van der Waals surface area contributed by atoms with Gasteiger partial charge in [-0.1, -0.05) is 26.0 Å². The van der Waals surface area contributed by atoms with Gasteiger partial charge in [0.2, 0.25) is 5.91 Å². The van der Waals surface area contributed by atoms with Crippen molar-refractivity contribution in [1.29, 1.82) is 0 Å². The van der Waals surface area contributed by atoms with Crippen molar-refractivity contribution in [3.63, 3.8) is 0 Å². The van der Waals surface area contributed by atoms with E-state index in [0.717, 1.165) is 48.8 Å². The molecule has 44 heavy (non-hydrogen) atoms. The van der Waals surface area contributed by atoms with Gasteiger partial charge in [0.25, 0.3) is 0 Å². The minimum atomic E-state index is -1.15. The number of nitrogens with zero attached hydrogens (tertiary/aromatic N) is 3. The molecule has 10 heteroatoms. The summed E-state index contributed by atoms with van der Waals surface area (Å²) in [7, 11) is 0. The van der Waals surface area contributed by atoms with Crippen molar-refractivity contribution in [3.05, 3.63) is 83.4 Å². The van der Waals surface area contributed by atoms with Crippen LogP contribution < -0.4 is 16.0 Å². The van der Waals surface area contributed by atoms with E-state index in [0.29, 0.717) is 22.5 Å². The molecule has 3 atom stereocenters. The van der Waals surface area contributed by atoms with Crippen molar-refractivity contribution in [2.75, 3.05) is 18.0 Å². The first-order valence-electron chi connectivity index (χ1n) is 15.0. The highest BCUT2D eigenvalue weighted by Crippen LogP contribution is 2.30. The third-order valence-electron chi connectivity index (χ3n) is 7.61. The quantitative estimate of drug-likeness (QED) is 0.175. The average molecular weight is 606 g/mol. The second-order valence-electron chi connectivity index (χ2n) is 11.3. The van der Waals surface area contributed by atoms with Crippen LogP contribution in [0.3, 0.4) is 0 Å². The zero-order chi connectivity index (χ0) is 32.0. The summed E-state index contributed by atoms with van der Waals surface area (Å²) < 4.78 is 29.8. The topological polar surface area (TPSA) is 113 Å². The Balaban J connectivity index is 1.79. The first-order valence-corrected chi connectivity index (χ1v) is 15.0. The fourth-order valence-corrected chi connectivity index (χ4v) is 5.32. The lowest BCUT2D eigenvalue weighted by Gasteiger charge is -2.24. The summed E-state index contributed by atoms with van der Waals surface area (Å²) in [5.41, 5.74) is 10.3. The van der Waals surface area contributed by atoms with Gasteiger partial charge in [-0.15, -0.1) is 0 Å². The number of aliphatic hydroxyl groups is 1. The molecule has 8 nitrogen and oxygen atoms in total. The second kappa shape index (κ2) is 14.5. The molecule has 0 fully saturated rings. The van der Waals surface area contributed by atoms with Crippen LogP contribution in [0.25, 0.3) is 22.4 Å². The van der Waals surface area contributed by atoms with Gasteiger partial charge in [-0.05, 0) is 86.3 Å². The van der Waals surface area contributed by atoms with Gasteiger partial charge in [-0.2, -0.15) is 0 Å². The fraction of sp³-hybridized carbons (Fsp3) is 0.382. The number of carbonyl (C=O) groups is 2. The van der Waals surface area contributed by atoms with Crippen LogP contribution in [0.1, 0.15) is 64.1 Å². The summed E-state index contributed by atoms with van der Waals surface area (Å²) in [6.45, 7) is 9.30. The number of hydrogen-bond donors (Lipinski definition) is 3. The molecule has 0 bridgehead atoms. The Labute approximate surface area is 256 Å². The number of Topliss-reactive ketones (excluding diaryl/α,β-unsaturated/α-hetero) is 1. The summed E-state index contributed by atoms with van der Waals surface area (Å²) in [5, 5.41) is 12.6. The van der Waals surface area contributed by atoms with Gasteiger partial charge in [0.1, 0.15) is 17.6 Å². The lowest BCUT2D eigenvalue weighted by molar-refractivity contribution is -0.125. The van der Waals surface area contributed by atoms with Gasteiger partial charge in [0, 0.05) is 37.3 Å². The third-order valence-corrected chi connectivity index (χ3v) is 7.61. The lowest BCUT2D eigenvalue weighted by Crippen LogP contribution is -2.48. The van der Waals surface area contributed by atoms with E-state index in [1.165, 1.54) is 19.9 Å². The lowest BCUT2D eigenvalue weighted by atomic mass is 10.00. The Kier molecular flexibility index (Phi) is 10.8. The van der Waals surface area contributed by atoms with Crippen LogP contribution in [0.5, 0.6) is 0 Å². The van der Waals surface area contributed by atoms with Crippen LogP contribution in [-0.2, 0) is 16.1 Å². The van der Waals surface area contributed by atoms with Crippen molar-refractivity contribution in [1.82, 2.24) is 14.9 Å². The van der Waals surface area contributed by atoms with Gasteiger partial charge in [0.05, 0.1) is 23.2 Å². The van der Waals surface area contributed by atoms with E-state index in [9.17, 15) is 23.5 Å². The Morgan fingerprint density at radius 2 is 1.68 bits per heavy atom. The molecule has 3 aromatic carbocycles. The molecule has 4 rings (SSSR count). The molecule has 1 aromatic heterocycles. The number of nitrogens with two attached hydrogens (primary N) is 1.